The summed E-state index contributed by atoms with van der Waals surface area (Å²) in [5.41, 5.74) is 13.8. The fourth-order valence-corrected chi connectivity index (χ4v) is 8.84. The van der Waals surface area contributed by atoms with Crippen LogP contribution in [-0.2, 0) is 0 Å². The summed E-state index contributed by atoms with van der Waals surface area (Å²) < 4.78 is 11.3. The summed E-state index contributed by atoms with van der Waals surface area (Å²) >= 11 is 0. The van der Waals surface area contributed by atoms with E-state index in [1.165, 1.54) is 27.6 Å². The Hall–Kier alpha value is -7.31. The molecular formula is C50H35N5O. The van der Waals surface area contributed by atoms with Crippen LogP contribution in [0.15, 0.2) is 158 Å². The van der Waals surface area contributed by atoms with Crippen LogP contribution in [0, 0.1) is 20.8 Å². The maximum atomic E-state index is 6.78. The highest BCUT2D eigenvalue weighted by molar-refractivity contribution is 6.14. The van der Waals surface area contributed by atoms with Gasteiger partial charge in [-0.05, 0) is 97.3 Å². The Morgan fingerprint density at radius 3 is 1.82 bits per heavy atom. The van der Waals surface area contributed by atoms with Crippen molar-refractivity contribution in [2.75, 3.05) is 0 Å². The third-order valence-corrected chi connectivity index (χ3v) is 11.1. The maximum Gasteiger partial charge on any atom is 0.147 e. The van der Waals surface area contributed by atoms with E-state index in [2.05, 4.69) is 151 Å². The van der Waals surface area contributed by atoms with Crippen molar-refractivity contribution >= 4 is 54.8 Å². The molecule has 0 saturated carbocycles. The number of benzene rings is 6. The molecule has 6 aromatic carbocycles. The number of hydrogen-bond donors (Lipinski definition) is 0. The molecule has 0 aliphatic carbocycles. The molecule has 0 spiro atoms. The number of aromatic nitrogens is 5. The number of para-hydroxylation sites is 1. The molecule has 11 rings (SSSR count). The SMILES string of the molecule is Cc1cc(C)c(-c2cnc3c4cc(Oc5ccc6c7cccnc7n7c(-c8ccccc8)c(-c8ccccc8)nc7c6c5)ccc4c4ccccc4n23)c(C)c1. The molecule has 266 valence electrons. The molecule has 0 saturated heterocycles. The monoisotopic (exact) mass is 721 g/mol. The van der Waals surface area contributed by atoms with E-state index in [1.807, 2.05) is 36.7 Å². The minimum absolute atomic E-state index is 0.722. The van der Waals surface area contributed by atoms with E-state index in [-0.39, 0.29) is 0 Å². The Balaban J connectivity index is 1.11. The number of fused-ring (bicyclic) bond motifs is 12. The van der Waals surface area contributed by atoms with Crippen LogP contribution in [0.5, 0.6) is 11.5 Å². The highest BCUT2D eigenvalue weighted by Crippen LogP contribution is 2.41. The first-order valence-corrected chi connectivity index (χ1v) is 18.9. The Morgan fingerprint density at radius 1 is 0.482 bits per heavy atom. The van der Waals surface area contributed by atoms with Crippen molar-refractivity contribution < 1.29 is 4.74 Å². The first kappa shape index (κ1) is 32.1. The number of ether oxygens (including phenoxy) is 1. The lowest BCUT2D eigenvalue weighted by Crippen LogP contribution is -1.97. The Labute approximate surface area is 322 Å². The Morgan fingerprint density at radius 2 is 1.09 bits per heavy atom. The number of hydrogen-bond acceptors (Lipinski definition) is 4. The van der Waals surface area contributed by atoms with Crippen LogP contribution in [0.4, 0.5) is 0 Å². The lowest BCUT2D eigenvalue weighted by Gasteiger charge is -2.15. The molecule has 0 radical (unpaired) electrons. The van der Waals surface area contributed by atoms with Crippen molar-refractivity contribution in [1.29, 1.82) is 0 Å². The smallest absolute Gasteiger partial charge is 0.147 e. The van der Waals surface area contributed by atoms with E-state index in [9.17, 15) is 0 Å². The average molecular weight is 722 g/mol. The van der Waals surface area contributed by atoms with Crippen molar-refractivity contribution in [3.63, 3.8) is 0 Å². The highest BCUT2D eigenvalue weighted by atomic mass is 16.5. The van der Waals surface area contributed by atoms with Crippen LogP contribution in [-0.4, -0.2) is 23.8 Å². The molecule has 0 amide bonds. The molecule has 0 N–H and O–H groups in total. The second-order valence-corrected chi connectivity index (χ2v) is 14.7. The van der Waals surface area contributed by atoms with Gasteiger partial charge in [-0.3, -0.25) is 8.80 Å². The van der Waals surface area contributed by atoms with Crippen LogP contribution in [0.3, 0.4) is 0 Å². The molecule has 0 aliphatic heterocycles. The third kappa shape index (κ3) is 4.85. The largest absolute Gasteiger partial charge is 0.457 e. The molecule has 0 fully saturated rings. The normalized spacial score (nSPS) is 11.8. The van der Waals surface area contributed by atoms with Gasteiger partial charge in [-0.2, -0.15) is 0 Å². The molecule has 56 heavy (non-hydrogen) atoms. The second-order valence-electron chi connectivity index (χ2n) is 14.7. The predicted molar refractivity (Wildman–Crippen MR) is 229 cm³/mol. The molecule has 0 bridgehead atoms. The predicted octanol–water partition coefficient (Wildman–Crippen LogP) is 12.7. The molecule has 6 nitrogen and oxygen atoms in total. The summed E-state index contributed by atoms with van der Waals surface area (Å²) in [6, 6.07) is 50.7. The summed E-state index contributed by atoms with van der Waals surface area (Å²) in [7, 11) is 0. The molecule has 6 heteroatoms. The first-order valence-electron chi connectivity index (χ1n) is 18.9. The van der Waals surface area contributed by atoms with Crippen LogP contribution in [0.2, 0.25) is 0 Å². The van der Waals surface area contributed by atoms with Crippen LogP contribution in [0.1, 0.15) is 16.7 Å². The van der Waals surface area contributed by atoms with Gasteiger partial charge in [-0.25, -0.2) is 15.0 Å². The van der Waals surface area contributed by atoms with E-state index in [1.54, 1.807) is 0 Å². The van der Waals surface area contributed by atoms with Crippen LogP contribution >= 0.6 is 0 Å². The quantitative estimate of drug-likeness (QED) is 0.166. The van der Waals surface area contributed by atoms with Gasteiger partial charge in [0.15, 0.2) is 0 Å². The van der Waals surface area contributed by atoms with E-state index in [0.717, 1.165) is 89.1 Å². The molecule has 0 unspecified atom stereocenters. The zero-order valence-corrected chi connectivity index (χ0v) is 31.2. The zero-order chi connectivity index (χ0) is 37.5. The van der Waals surface area contributed by atoms with Crippen molar-refractivity contribution in [2.45, 2.75) is 20.8 Å². The lowest BCUT2D eigenvalue weighted by molar-refractivity contribution is 0.484. The number of rotatable bonds is 5. The van der Waals surface area contributed by atoms with Gasteiger partial charge in [-0.1, -0.05) is 96.6 Å². The minimum atomic E-state index is 0.722. The number of aryl methyl sites for hydroxylation is 3. The number of pyridine rings is 3. The highest BCUT2D eigenvalue weighted by Gasteiger charge is 2.22. The Kier molecular flexibility index (Phi) is 7.10. The second kappa shape index (κ2) is 12.4. The molecular weight excluding hydrogens is 687 g/mol. The first-order chi connectivity index (χ1) is 27.5. The fraction of sp³-hybridized carbons (Fsp3) is 0.0600. The van der Waals surface area contributed by atoms with E-state index in [4.69, 9.17) is 19.7 Å². The van der Waals surface area contributed by atoms with Gasteiger partial charge in [0, 0.05) is 44.4 Å². The van der Waals surface area contributed by atoms with Gasteiger partial charge in [0.05, 0.1) is 28.8 Å². The van der Waals surface area contributed by atoms with Gasteiger partial charge in [0.25, 0.3) is 0 Å². The van der Waals surface area contributed by atoms with Crippen molar-refractivity contribution in [2.24, 2.45) is 0 Å². The minimum Gasteiger partial charge on any atom is -0.457 e. The molecule has 0 atom stereocenters. The van der Waals surface area contributed by atoms with Gasteiger partial charge in [-0.15, -0.1) is 0 Å². The lowest BCUT2D eigenvalue weighted by atomic mass is 9.97. The van der Waals surface area contributed by atoms with Crippen molar-refractivity contribution in [1.82, 2.24) is 23.8 Å². The van der Waals surface area contributed by atoms with Crippen LogP contribution in [0.25, 0.3) is 88.5 Å². The molecule has 0 aliphatic rings. The van der Waals surface area contributed by atoms with Gasteiger partial charge < -0.3 is 4.74 Å². The van der Waals surface area contributed by atoms with Crippen LogP contribution < -0.4 is 4.74 Å². The van der Waals surface area contributed by atoms with Gasteiger partial charge in [0.2, 0.25) is 0 Å². The Bertz CT molecular complexity index is 3340. The summed E-state index contributed by atoms with van der Waals surface area (Å²) in [6.45, 7) is 6.53. The molecule has 5 heterocycles. The van der Waals surface area contributed by atoms with Gasteiger partial charge >= 0.3 is 0 Å². The van der Waals surface area contributed by atoms with Crippen molar-refractivity contribution in [3.05, 3.63) is 175 Å². The molecule has 5 aromatic heterocycles. The fourth-order valence-electron chi connectivity index (χ4n) is 8.84. The zero-order valence-electron chi connectivity index (χ0n) is 31.2. The van der Waals surface area contributed by atoms with Gasteiger partial charge in [0.1, 0.15) is 28.4 Å². The molecule has 11 aromatic rings. The number of imidazole rings is 2. The van der Waals surface area contributed by atoms with E-state index in [0.29, 0.717) is 0 Å². The summed E-state index contributed by atoms with van der Waals surface area (Å²) in [4.78, 5) is 15.4. The van der Waals surface area contributed by atoms with E-state index < -0.39 is 0 Å². The number of nitrogens with zero attached hydrogens (tertiary/aromatic N) is 5. The van der Waals surface area contributed by atoms with E-state index >= 15 is 0 Å². The van der Waals surface area contributed by atoms with Crippen molar-refractivity contribution in [3.8, 4) is 45.3 Å². The maximum absolute atomic E-state index is 6.78. The summed E-state index contributed by atoms with van der Waals surface area (Å²) in [6.07, 6.45) is 3.87. The summed E-state index contributed by atoms with van der Waals surface area (Å²) in [5, 5.41) is 6.43. The third-order valence-electron chi connectivity index (χ3n) is 11.1. The summed E-state index contributed by atoms with van der Waals surface area (Å²) in [5.74, 6) is 1.46. The average Bonchev–Trinajstić information content (AvgIpc) is 3.85. The topological polar surface area (TPSA) is 56.7 Å². The standard InChI is InChI=1S/C50H35N5O/c1-30-25-31(2)45(32(3)26-30)44-29-52-49-41-27-35(20-22-37(41)39-17-10-11-19-43(39)54(44)49)56-36-21-23-38-40-18-12-24-51-48(40)55-47(34-15-8-5-9-16-34)46(33-13-6-4-7-14-33)53-50(55)42(38)28-36/h4-29H,1-3H3.